The van der Waals surface area contributed by atoms with E-state index in [1.807, 2.05) is 0 Å². The average Bonchev–Trinajstić information content (AvgIpc) is 2.41. The first-order chi connectivity index (χ1) is 9.86. The molecule has 5 nitrogen and oxygen atoms in total. The number of aliphatic hydroxyl groups excluding tert-OH is 1. The van der Waals surface area contributed by atoms with E-state index in [2.05, 4.69) is 5.32 Å². The third-order valence-corrected chi connectivity index (χ3v) is 2.92. The van der Waals surface area contributed by atoms with E-state index >= 15 is 0 Å². The number of benzene rings is 1. The Kier molecular flexibility index (Phi) is 6.41. The van der Waals surface area contributed by atoms with Crippen LogP contribution in [-0.4, -0.2) is 23.2 Å². The molecule has 0 unspecified atom stereocenters. The zero-order valence-corrected chi connectivity index (χ0v) is 11.3. The van der Waals surface area contributed by atoms with Gasteiger partial charge in [0, 0.05) is 19.2 Å². The van der Waals surface area contributed by atoms with Crippen molar-refractivity contribution in [2.45, 2.75) is 31.9 Å². The summed E-state index contributed by atoms with van der Waals surface area (Å²) in [5.41, 5.74) is -1.54. The highest BCUT2D eigenvalue weighted by atomic mass is 19.4. The minimum absolute atomic E-state index is 0.0789. The fraction of sp³-hybridized carbons (Fsp3) is 0.538. The molecule has 0 aliphatic rings. The molecule has 0 aliphatic carbocycles. The first kappa shape index (κ1) is 17.2. The second kappa shape index (κ2) is 7.82. The van der Waals surface area contributed by atoms with Gasteiger partial charge in [0.15, 0.2) is 0 Å². The summed E-state index contributed by atoms with van der Waals surface area (Å²) in [6.07, 6.45) is -1.51. The highest BCUT2D eigenvalue weighted by Crippen LogP contribution is 2.34. The second-order valence-electron chi connectivity index (χ2n) is 4.55. The van der Waals surface area contributed by atoms with Crippen molar-refractivity contribution in [3.63, 3.8) is 0 Å². The predicted molar refractivity (Wildman–Crippen MR) is 72.1 cm³/mol. The summed E-state index contributed by atoms with van der Waals surface area (Å²) in [5, 5.41) is 22.2. The number of hydrogen-bond acceptors (Lipinski definition) is 4. The van der Waals surface area contributed by atoms with E-state index in [-0.39, 0.29) is 12.3 Å². The van der Waals surface area contributed by atoms with Crippen LogP contribution >= 0.6 is 0 Å². The molecule has 8 heteroatoms. The van der Waals surface area contributed by atoms with Crippen LogP contribution in [0.1, 0.15) is 31.2 Å². The Morgan fingerprint density at radius 3 is 2.43 bits per heavy atom. The number of unbranched alkanes of at least 4 members (excludes halogenated alkanes) is 3. The van der Waals surface area contributed by atoms with Crippen molar-refractivity contribution >= 4 is 11.4 Å². The summed E-state index contributed by atoms with van der Waals surface area (Å²) in [6, 6.07) is 2.43. The Bertz CT molecular complexity index is 478. The lowest BCUT2D eigenvalue weighted by molar-refractivity contribution is -0.384. The van der Waals surface area contributed by atoms with Crippen molar-refractivity contribution < 1.29 is 23.2 Å². The lowest BCUT2D eigenvalue weighted by atomic mass is 10.1. The zero-order valence-electron chi connectivity index (χ0n) is 11.3. The van der Waals surface area contributed by atoms with Crippen molar-refractivity contribution in [3.8, 4) is 0 Å². The number of nitro benzene ring substituents is 1. The van der Waals surface area contributed by atoms with Gasteiger partial charge in [0.25, 0.3) is 5.69 Å². The van der Waals surface area contributed by atoms with Crippen LogP contribution in [0.2, 0.25) is 0 Å². The molecule has 0 fully saturated rings. The van der Waals surface area contributed by atoms with Gasteiger partial charge in [0.2, 0.25) is 0 Å². The minimum Gasteiger partial charge on any atom is -0.396 e. The molecule has 0 bridgehead atoms. The first-order valence-corrected chi connectivity index (χ1v) is 6.56. The van der Waals surface area contributed by atoms with E-state index in [4.69, 9.17) is 5.11 Å². The number of nitrogens with one attached hydrogen (secondary N) is 1. The molecule has 21 heavy (non-hydrogen) atoms. The van der Waals surface area contributed by atoms with E-state index in [9.17, 15) is 23.3 Å². The van der Waals surface area contributed by atoms with Gasteiger partial charge in [0.1, 0.15) is 5.69 Å². The van der Waals surface area contributed by atoms with E-state index in [1.165, 1.54) is 0 Å². The van der Waals surface area contributed by atoms with Crippen LogP contribution in [0.15, 0.2) is 18.2 Å². The fourth-order valence-electron chi connectivity index (χ4n) is 1.82. The molecule has 0 saturated heterocycles. The third kappa shape index (κ3) is 5.58. The lowest BCUT2D eigenvalue weighted by Crippen LogP contribution is -2.08. The van der Waals surface area contributed by atoms with Gasteiger partial charge in [-0.2, -0.15) is 13.2 Å². The molecule has 0 radical (unpaired) electrons. The molecular formula is C13H17F3N2O3. The maximum Gasteiger partial charge on any atom is 0.416 e. The van der Waals surface area contributed by atoms with Gasteiger partial charge >= 0.3 is 6.18 Å². The maximum absolute atomic E-state index is 12.5. The zero-order chi connectivity index (χ0) is 15.9. The van der Waals surface area contributed by atoms with Crippen molar-refractivity contribution in [2.75, 3.05) is 18.5 Å². The van der Waals surface area contributed by atoms with E-state index in [0.717, 1.165) is 31.4 Å². The second-order valence-corrected chi connectivity index (χ2v) is 4.55. The molecule has 0 aliphatic heterocycles. The van der Waals surface area contributed by atoms with Crippen molar-refractivity contribution in [1.29, 1.82) is 0 Å². The SMILES string of the molecule is O=[N+]([O-])c1cc(C(F)(F)F)ccc1NCCCCCCO. The highest BCUT2D eigenvalue weighted by molar-refractivity contribution is 5.62. The smallest absolute Gasteiger partial charge is 0.396 e. The lowest BCUT2D eigenvalue weighted by Gasteiger charge is -2.10. The Balaban J connectivity index is 2.67. The van der Waals surface area contributed by atoms with Gasteiger partial charge in [0.05, 0.1) is 10.5 Å². The molecule has 1 rings (SSSR count). The standard InChI is InChI=1S/C13H17F3N2O3/c14-13(15,16)10-5-6-11(12(9-10)18(20)21)17-7-3-1-2-4-8-19/h5-6,9,17,19H,1-4,7-8H2. The molecule has 118 valence electrons. The molecule has 2 N–H and O–H groups in total. The Labute approximate surface area is 119 Å². The number of hydrogen-bond donors (Lipinski definition) is 2. The Morgan fingerprint density at radius 1 is 1.19 bits per heavy atom. The van der Waals surface area contributed by atoms with Crippen molar-refractivity contribution in [2.24, 2.45) is 0 Å². The van der Waals surface area contributed by atoms with Crippen LogP contribution in [0, 0.1) is 10.1 Å². The van der Waals surface area contributed by atoms with Crippen LogP contribution in [0.4, 0.5) is 24.5 Å². The average molecular weight is 306 g/mol. The van der Waals surface area contributed by atoms with Gasteiger partial charge in [-0.05, 0) is 25.0 Å². The molecule has 0 amide bonds. The van der Waals surface area contributed by atoms with Crippen LogP contribution in [0.25, 0.3) is 0 Å². The normalized spacial score (nSPS) is 11.4. The summed E-state index contributed by atoms with van der Waals surface area (Å²) in [4.78, 5) is 10.0. The Morgan fingerprint density at radius 2 is 1.86 bits per heavy atom. The van der Waals surface area contributed by atoms with Crippen LogP contribution < -0.4 is 5.32 Å². The third-order valence-electron chi connectivity index (χ3n) is 2.92. The summed E-state index contributed by atoms with van der Waals surface area (Å²) in [5.74, 6) is 0. The van der Waals surface area contributed by atoms with Crippen molar-refractivity contribution in [1.82, 2.24) is 0 Å². The van der Waals surface area contributed by atoms with Gasteiger partial charge < -0.3 is 10.4 Å². The van der Waals surface area contributed by atoms with Crippen LogP contribution in [0.5, 0.6) is 0 Å². The molecule has 0 aromatic heterocycles. The number of alkyl halides is 3. The van der Waals surface area contributed by atoms with Crippen LogP contribution in [0.3, 0.4) is 0 Å². The molecule has 0 saturated carbocycles. The predicted octanol–water partition coefficient (Wildman–Crippen LogP) is 3.58. The van der Waals surface area contributed by atoms with Gasteiger partial charge in [-0.15, -0.1) is 0 Å². The molecule has 1 aromatic rings. The maximum atomic E-state index is 12.5. The number of nitrogens with zero attached hydrogens (tertiary/aromatic N) is 1. The topological polar surface area (TPSA) is 75.4 Å². The number of rotatable bonds is 8. The summed E-state index contributed by atoms with van der Waals surface area (Å²) < 4.78 is 37.6. The Hall–Kier alpha value is -1.83. The first-order valence-electron chi connectivity index (χ1n) is 6.56. The van der Waals surface area contributed by atoms with Gasteiger partial charge in [-0.3, -0.25) is 10.1 Å². The summed E-state index contributed by atoms with van der Waals surface area (Å²) in [7, 11) is 0. The number of aliphatic hydroxyl groups is 1. The quantitative estimate of drug-likeness (QED) is 0.437. The van der Waals surface area contributed by atoms with Crippen molar-refractivity contribution in [3.05, 3.63) is 33.9 Å². The van der Waals surface area contributed by atoms with Gasteiger partial charge in [-0.25, -0.2) is 0 Å². The number of anilines is 1. The molecule has 0 heterocycles. The fourth-order valence-corrected chi connectivity index (χ4v) is 1.82. The largest absolute Gasteiger partial charge is 0.416 e. The summed E-state index contributed by atoms with van der Waals surface area (Å²) >= 11 is 0. The van der Waals surface area contributed by atoms with E-state index in [0.29, 0.717) is 19.0 Å². The molecule has 0 atom stereocenters. The summed E-state index contributed by atoms with van der Waals surface area (Å²) in [6.45, 7) is 0.551. The highest BCUT2D eigenvalue weighted by Gasteiger charge is 2.32. The van der Waals surface area contributed by atoms with Gasteiger partial charge in [-0.1, -0.05) is 12.8 Å². The van der Waals surface area contributed by atoms with Crippen LogP contribution in [-0.2, 0) is 6.18 Å². The minimum atomic E-state index is -4.60. The molecule has 1 aromatic carbocycles. The number of nitro groups is 1. The number of halogens is 3. The van der Waals surface area contributed by atoms with E-state index < -0.39 is 22.4 Å². The monoisotopic (exact) mass is 306 g/mol. The molecular weight excluding hydrogens is 289 g/mol. The van der Waals surface area contributed by atoms with E-state index in [1.54, 1.807) is 0 Å². The molecule has 0 spiro atoms.